The molecule has 0 saturated heterocycles. The predicted octanol–water partition coefficient (Wildman–Crippen LogP) is 2.28. The van der Waals surface area contributed by atoms with Crippen molar-refractivity contribution in [3.05, 3.63) is 33.1 Å². The minimum atomic E-state index is -4.60. The first-order chi connectivity index (χ1) is 8.61. The molecule has 0 N–H and O–H groups in total. The molecule has 0 bridgehead atoms. The summed E-state index contributed by atoms with van der Waals surface area (Å²) in [6.07, 6.45) is -3.88. The van der Waals surface area contributed by atoms with E-state index in [1.165, 1.54) is 0 Å². The number of pyridine rings is 1. The molecule has 1 aromatic rings. The molecule has 1 amide bonds. The van der Waals surface area contributed by atoms with Gasteiger partial charge in [-0.25, -0.2) is 4.98 Å². The van der Waals surface area contributed by atoms with E-state index in [1.54, 1.807) is 0 Å². The molecule has 10 heteroatoms. The first-order valence-electron chi connectivity index (χ1n) is 4.74. The molecule has 0 aromatic carbocycles. The number of alkyl halides is 3. The number of carbonyl (C=O) groups is 1. The minimum absolute atomic E-state index is 0.227. The number of rotatable bonds is 3. The fourth-order valence-electron chi connectivity index (χ4n) is 1.29. The Balaban J connectivity index is 3.11. The van der Waals surface area contributed by atoms with E-state index in [0.29, 0.717) is 4.90 Å². The van der Waals surface area contributed by atoms with Gasteiger partial charge in [0.1, 0.15) is 23.5 Å². The number of hydrogen-bond donors (Lipinski definition) is 0. The maximum Gasteiger partial charge on any atom is 0.406 e. The second kappa shape index (κ2) is 5.39. The molecule has 0 atom stereocenters. The van der Waals surface area contributed by atoms with Crippen molar-refractivity contribution in [3.8, 4) is 0 Å². The van der Waals surface area contributed by atoms with Crippen molar-refractivity contribution in [2.75, 3.05) is 13.6 Å². The van der Waals surface area contributed by atoms with E-state index in [2.05, 4.69) is 4.98 Å². The zero-order valence-electron chi connectivity index (χ0n) is 9.44. The number of carbonyl (C=O) groups excluding carboxylic acids is 1. The monoisotopic (exact) mass is 297 g/mol. The van der Waals surface area contributed by atoms with Crippen LogP contribution in [0.4, 0.5) is 18.9 Å². The van der Waals surface area contributed by atoms with Gasteiger partial charge in [0, 0.05) is 7.05 Å². The molecule has 104 valence electrons. The molecular formula is C9H7ClF3N3O3. The Bertz CT molecular complexity index is 521. The van der Waals surface area contributed by atoms with Crippen molar-refractivity contribution in [2.45, 2.75) is 6.18 Å². The van der Waals surface area contributed by atoms with Gasteiger partial charge in [-0.3, -0.25) is 14.9 Å². The van der Waals surface area contributed by atoms with Crippen molar-refractivity contribution in [3.63, 3.8) is 0 Å². The third-order valence-electron chi connectivity index (χ3n) is 2.04. The van der Waals surface area contributed by atoms with Gasteiger partial charge in [-0.05, 0) is 6.07 Å². The van der Waals surface area contributed by atoms with Gasteiger partial charge in [-0.1, -0.05) is 11.6 Å². The lowest BCUT2D eigenvalue weighted by Gasteiger charge is -2.18. The molecule has 0 radical (unpaired) electrons. The van der Waals surface area contributed by atoms with Crippen molar-refractivity contribution in [1.82, 2.24) is 9.88 Å². The Morgan fingerprint density at radius 3 is 2.63 bits per heavy atom. The van der Waals surface area contributed by atoms with Gasteiger partial charge < -0.3 is 4.90 Å². The number of amides is 1. The SMILES string of the molecule is CN(CC(F)(F)F)C(=O)c1cc(Cl)ncc1[N+](=O)[O-]. The second-order valence-corrected chi connectivity index (χ2v) is 3.94. The third kappa shape index (κ3) is 4.05. The van der Waals surface area contributed by atoms with Gasteiger partial charge in [0.25, 0.3) is 11.6 Å². The summed E-state index contributed by atoms with van der Waals surface area (Å²) in [5, 5.41) is 10.4. The van der Waals surface area contributed by atoms with Crippen LogP contribution in [0.25, 0.3) is 0 Å². The lowest BCUT2D eigenvalue weighted by molar-refractivity contribution is -0.385. The van der Waals surface area contributed by atoms with E-state index in [1.807, 2.05) is 0 Å². The Labute approximate surface area is 109 Å². The molecule has 1 rings (SSSR count). The largest absolute Gasteiger partial charge is 0.406 e. The van der Waals surface area contributed by atoms with Gasteiger partial charge in [0.15, 0.2) is 0 Å². The number of nitro groups is 1. The Morgan fingerprint density at radius 1 is 1.58 bits per heavy atom. The van der Waals surface area contributed by atoms with Crippen molar-refractivity contribution in [2.24, 2.45) is 0 Å². The van der Waals surface area contributed by atoms with Gasteiger partial charge in [0.05, 0.1) is 4.92 Å². The van der Waals surface area contributed by atoms with Crippen LogP contribution in [-0.2, 0) is 0 Å². The lowest BCUT2D eigenvalue weighted by Crippen LogP contribution is -2.36. The zero-order valence-corrected chi connectivity index (χ0v) is 10.2. The molecule has 6 nitrogen and oxygen atoms in total. The summed E-state index contributed by atoms with van der Waals surface area (Å²) in [6, 6.07) is 0.856. The highest BCUT2D eigenvalue weighted by Gasteiger charge is 2.33. The van der Waals surface area contributed by atoms with E-state index in [0.717, 1.165) is 19.3 Å². The predicted molar refractivity (Wildman–Crippen MR) is 58.9 cm³/mol. The molecule has 0 spiro atoms. The highest BCUT2D eigenvalue weighted by atomic mass is 35.5. The van der Waals surface area contributed by atoms with Crippen LogP contribution in [0, 0.1) is 10.1 Å². The summed E-state index contributed by atoms with van der Waals surface area (Å²) in [5.41, 5.74) is -1.25. The van der Waals surface area contributed by atoms with Crippen LogP contribution in [0.3, 0.4) is 0 Å². The molecule has 0 aliphatic rings. The first kappa shape index (κ1) is 15.2. The summed E-state index contributed by atoms with van der Waals surface area (Å²) in [5.74, 6) is -1.16. The molecule has 1 aromatic heterocycles. The van der Waals surface area contributed by atoms with Gasteiger partial charge in [0.2, 0.25) is 0 Å². The first-order valence-corrected chi connectivity index (χ1v) is 5.12. The maximum atomic E-state index is 12.2. The number of hydrogen-bond acceptors (Lipinski definition) is 4. The van der Waals surface area contributed by atoms with E-state index in [-0.39, 0.29) is 5.15 Å². The van der Waals surface area contributed by atoms with Crippen LogP contribution in [0.15, 0.2) is 12.3 Å². The van der Waals surface area contributed by atoms with Crippen LogP contribution >= 0.6 is 11.6 Å². The van der Waals surface area contributed by atoms with Crippen LogP contribution in [0.1, 0.15) is 10.4 Å². The standard InChI is InChI=1S/C9H7ClF3N3O3/c1-15(4-9(11,12)13)8(17)5-2-7(10)14-3-6(5)16(18)19/h2-3H,4H2,1H3. The summed E-state index contributed by atoms with van der Waals surface area (Å²) in [6.45, 7) is -1.52. The van der Waals surface area contributed by atoms with Crippen LogP contribution in [-0.4, -0.2) is 40.5 Å². The van der Waals surface area contributed by atoms with Gasteiger partial charge in [-0.2, -0.15) is 13.2 Å². The summed E-state index contributed by atoms with van der Waals surface area (Å²) in [4.78, 5) is 25.2. The molecule has 1 heterocycles. The average Bonchev–Trinajstić information content (AvgIpc) is 2.25. The summed E-state index contributed by atoms with van der Waals surface area (Å²) in [7, 11) is 0.883. The second-order valence-electron chi connectivity index (χ2n) is 3.56. The smallest absolute Gasteiger partial charge is 0.332 e. The minimum Gasteiger partial charge on any atom is -0.332 e. The molecule has 0 aliphatic heterocycles. The van der Waals surface area contributed by atoms with E-state index < -0.39 is 34.8 Å². The Kier molecular flexibility index (Phi) is 4.30. The molecular weight excluding hydrogens is 291 g/mol. The lowest BCUT2D eigenvalue weighted by atomic mass is 10.2. The van der Waals surface area contributed by atoms with Crippen LogP contribution in [0.2, 0.25) is 5.15 Å². The average molecular weight is 298 g/mol. The topological polar surface area (TPSA) is 76.3 Å². The Hall–Kier alpha value is -1.90. The third-order valence-corrected chi connectivity index (χ3v) is 2.25. The van der Waals surface area contributed by atoms with Gasteiger partial charge in [-0.15, -0.1) is 0 Å². The van der Waals surface area contributed by atoms with E-state index in [4.69, 9.17) is 11.6 Å². The molecule has 0 fully saturated rings. The van der Waals surface area contributed by atoms with Crippen molar-refractivity contribution < 1.29 is 22.9 Å². The quantitative estimate of drug-likeness (QED) is 0.487. The van der Waals surface area contributed by atoms with E-state index in [9.17, 15) is 28.1 Å². The molecule has 19 heavy (non-hydrogen) atoms. The highest BCUT2D eigenvalue weighted by Crippen LogP contribution is 2.23. The van der Waals surface area contributed by atoms with Crippen LogP contribution < -0.4 is 0 Å². The fraction of sp³-hybridized carbons (Fsp3) is 0.333. The molecule has 0 unspecified atom stereocenters. The molecule has 0 saturated carbocycles. The molecule has 0 aliphatic carbocycles. The Morgan fingerprint density at radius 2 is 2.16 bits per heavy atom. The fourth-order valence-corrected chi connectivity index (χ4v) is 1.44. The van der Waals surface area contributed by atoms with Crippen molar-refractivity contribution >= 4 is 23.2 Å². The summed E-state index contributed by atoms with van der Waals surface area (Å²) >= 11 is 5.48. The van der Waals surface area contributed by atoms with Crippen molar-refractivity contribution in [1.29, 1.82) is 0 Å². The number of nitrogens with zero attached hydrogens (tertiary/aromatic N) is 3. The zero-order chi connectivity index (χ0) is 14.8. The van der Waals surface area contributed by atoms with Gasteiger partial charge >= 0.3 is 6.18 Å². The maximum absolute atomic E-state index is 12.2. The number of aromatic nitrogens is 1. The normalized spacial score (nSPS) is 11.2. The van der Waals surface area contributed by atoms with E-state index >= 15 is 0 Å². The number of halogens is 4. The highest BCUT2D eigenvalue weighted by molar-refractivity contribution is 6.29. The summed E-state index contributed by atoms with van der Waals surface area (Å²) < 4.78 is 36.5. The van der Waals surface area contributed by atoms with Crippen LogP contribution in [0.5, 0.6) is 0 Å².